The molecule has 4 heteroatoms. The average molecular weight is 204 g/mol. The molecule has 0 fully saturated rings. The van der Waals surface area contributed by atoms with E-state index >= 15 is 0 Å². The van der Waals surface area contributed by atoms with E-state index in [1.807, 2.05) is 17.7 Å². The molecule has 2 rings (SSSR count). The van der Waals surface area contributed by atoms with Crippen LogP contribution in [0.5, 0.6) is 0 Å². The minimum Gasteiger partial charge on any atom is -0.326 e. The topological polar surface area (TPSA) is 56.7 Å². The van der Waals surface area contributed by atoms with Crippen molar-refractivity contribution in [2.24, 2.45) is 12.8 Å². The van der Waals surface area contributed by atoms with Gasteiger partial charge in [-0.05, 0) is 11.6 Å². The highest BCUT2D eigenvalue weighted by molar-refractivity contribution is 5.75. The summed E-state index contributed by atoms with van der Waals surface area (Å²) in [6.07, 6.45) is 1.79. The molecule has 0 unspecified atom stereocenters. The van der Waals surface area contributed by atoms with E-state index in [0.29, 0.717) is 12.5 Å². The standard InChI is InChI=1S/C11H16N4/c1-7(2)10-14-9-8(6-12)4-5-13-11(9)15(10)3/h4-5,7H,6,12H2,1-3H3. The predicted octanol–water partition coefficient (Wildman–Crippen LogP) is 1.55. The molecule has 0 aliphatic carbocycles. The maximum Gasteiger partial charge on any atom is 0.160 e. The van der Waals surface area contributed by atoms with Crippen LogP contribution in [0.15, 0.2) is 12.3 Å². The lowest BCUT2D eigenvalue weighted by atomic mass is 10.2. The Morgan fingerprint density at radius 1 is 1.47 bits per heavy atom. The second-order valence-corrected chi connectivity index (χ2v) is 4.03. The minimum atomic E-state index is 0.398. The quantitative estimate of drug-likeness (QED) is 0.807. The van der Waals surface area contributed by atoms with Gasteiger partial charge in [0, 0.05) is 25.7 Å². The van der Waals surface area contributed by atoms with Crippen molar-refractivity contribution in [3.63, 3.8) is 0 Å². The van der Waals surface area contributed by atoms with Gasteiger partial charge in [0.15, 0.2) is 5.65 Å². The van der Waals surface area contributed by atoms with Gasteiger partial charge in [-0.3, -0.25) is 0 Å². The number of hydrogen-bond donors (Lipinski definition) is 1. The number of nitrogens with two attached hydrogens (primary N) is 1. The molecule has 0 spiro atoms. The van der Waals surface area contributed by atoms with Gasteiger partial charge in [0.1, 0.15) is 11.3 Å². The number of pyridine rings is 1. The van der Waals surface area contributed by atoms with Crippen molar-refractivity contribution in [1.82, 2.24) is 14.5 Å². The van der Waals surface area contributed by atoms with Crippen LogP contribution < -0.4 is 5.73 Å². The van der Waals surface area contributed by atoms with Gasteiger partial charge in [-0.15, -0.1) is 0 Å². The first kappa shape index (κ1) is 10.1. The van der Waals surface area contributed by atoms with Crippen molar-refractivity contribution in [3.8, 4) is 0 Å². The SMILES string of the molecule is CC(C)c1nc2c(CN)ccnc2n1C. The van der Waals surface area contributed by atoms with E-state index in [4.69, 9.17) is 5.73 Å². The second-order valence-electron chi connectivity index (χ2n) is 4.03. The summed E-state index contributed by atoms with van der Waals surface area (Å²) in [7, 11) is 2.00. The molecule has 0 radical (unpaired) electrons. The molecule has 0 saturated heterocycles. The van der Waals surface area contributed by atoms with Crippen LogP contribution in [0.25, 0.3) is 11.2 Å². The van der Waals surface area contributed by atoms with E-state index in [-0.39, 0.29) is 0 Å². The minimum absolute atomic E-state index is 0.398. The van der Waals surface area contributed by atoms with Crippen molar-refractivity contribution in [3.05, 3.63) is 23.7 Å². The van der Waals surface area contributed by atoms with Gasteiger partial charge in [-0.1, -0.05) is 13.8 Å². The fourth-order valence-electron chi connectivity index (χ4n) is 1.83. The molecule has 0 aliphatic heterocycles. The Labute approximate surface area is 89.1 Å². The molecule has 2 N–H and O–H groups in total. The molecule has 0 aliphatic rings. The van der Waals surface area contributed by atoms with Gasteiger partial charge in [-0.25, -0.2) is 9.97 Å². The van der Waals surface area contributed by atoms with Crippen LogP contribution in [0.4, 0.5) is 0 Å². The Balaban J connectivity index is 2.75. The molecular weight excluding hydrogens is 188 g/mol. The molecule has 2 aromatic heterocycles. The molecule has 0 amide bonds. The van der Waals surface area contributed by atoms with Crippen molar-refractivity contribution >= 4 is 11.2 Å². The Morgan fingerprint density at radius 2 is 2.20 bits per heavy atom. The van der Waals surface area contributed by atoms with Crippen molar-refractivity contribution < 1.29 is 0 Å². The number of nitrogens with zero attached hydrogens (tertiary/aromatic N) is 3. The first-order valence-electron chi connectivity index (χ1n) is 5.15. The van der Waals surface area contributed by atoms with E-state index in [0.717, 1.165) is 22.6 Å². The maximum atomic E-state index is 5.67. The van der Waals surface area contributed by atoms with Gasteiger partial charge >= 0.3 is 0 Å². The predicted molar refractivity (Wildman–Crippen MR) is 60.5 cm³/mol. The van der Waals surface area contributed by atoms with Crippen LogP contribution in [0.2, 0.25) is 0 Å². The van der Waals surface area contributed by atoms with Gasteiger partial charge < -0.3 is 10.3 Å². The number of imidazole rings is 1. The van der Waals surface area contributed by atoms with E-state index in [2.05, 4.69) is 23.8 Å². The average Bonchev–Trinajstić information content (AvgIpc) is 2.56. The highest BCUT2D eigenvalue weighted by atomic mass is 15.1. The molecule has 0 saturated carbocycles. The first-order chi connectivity index (χ1) is 7.15. The molecule has 2 heterocycles. The third-order valence-electron chi connectivity index (χ3n) is 2.61. The van der Waals surface area contributed by atoms with Crippen LogP contribution in [0.1, 0.15) is 31.2 Å². The molecule has 0 aromatic carbocycles. The van der Waals surface area contributed by atoms with Crippen LogP contribution in [-0.4, -0.2) is 14.5 Å². The van der Waals surface area contributed by atoms with Crippen LogP contribution >= 0.6 is 0 Å². The summed E-state index contributed by atoms with van der Waals surface area (Å²) in [5.74, 6) is 1.45. The van der Waals surface area contributed by atoms with Gasteiger partial charge in [0.2, 0.25) is 0 Å². The van der Waals surface area contributed by atoms with E-state index in [9.17, 15) is 0 Å². The number of aryl methyl sites for hydroxylation is 1. The van der Waals surface area contributed by atoms with E-state index < -0.39 is 0 Å². The zero-order valence-corrected chi connectivity index (χ0v) is 9.36. The summed E-state index contributed by atoms with van der Waals surface area (Å²) in [6.45, 7) is 4.76. The lowest BCUT2D eigenvalue weighted by Gasteiger charge is -2.03. The molecule has 4 nitrogen and oxygen atoms in total. The summed E-state index contributed by atoms with van der Waals surface area (Å²) in [5, 5.41) is 0. The fourth-order valence-corrected chi connectivity index (χ4v) is 1.83. The lowest BCUT2D eigenvalue weighted by molar-refractivity contribution is 0.719. The van der Waals surface area contributed by atoms with Gasteiger partial charge in [0.25, 0.3) is 0 Å². The number of rotatable bonds is 2. The normalized spacial score (nSPS) is 11.5. The Hall–Kier alpha value is -1.42. The molecule has 0 bridgehead atoms. The summed E-state index contributed by atoms with van der Waals surface area (Å²) >= 11 is 0. The first-order valence-corrected chi connectivity index (χ1v) is 5.15. The van der Waals surface area contributed by atoms with E-state index in [1.54, 1.807) is 6.20 Å². The maximum absolute atomic E-state index is 5.67. The summed E-state index contributed by atoms with van der Waals surface area (Å²) in [5.41, 5.74) is 8.59. The van der Waals surface area contributed by atoms with Crippen LogP contribution in [-0.2, 0) is 13.6 Å². The van der Waals surface area contributed by atoms with Crippen molar-refractivity contribution in [1.29, 1.82) is 0 Å². The molecule has 80 valence electrons. The Kier molecular flexibility index (Phi) is 2.44. The highest BCUT2D eigenvalue weighted by Gasteiger charge is 2.13. The van der Waals surface area contributed by atoms with Crippen LogP contribution in [0, 0.1) is 0 Å². The molecule has 0 atom stereocenters. The molecule has 15 heavy (non-hydrogen) atoms. The third-order valence-corrected chi connectivity index (χ3v) is 2.61. The fraction of sp³-hybridized carbons (Fsp3) is 0.455. The van der Waals surface area contributed by atoms with Gasteiger partial charge in [0.05, 0.1) is 0 Å². The smallest absolute Gasteiger partial charge is 0.160 e. The second kappa shape index (κ2) is 3.62. The zero-order valence-electron chi connectivity index (χ0n) is 9.36. The number of fused-ring (bicyclic) bond motifs is 1. The number of aromatic nitrogens is 3. The summed E-state index contributed by atoms with van der Waals surface area (Å²) < 4.78 is 2.04. The molecule has 2 aromatic rings. The largest absolute Gasteiger partial charge is 0.326 e. The van der Waals surface area contributed by atoms with Gasteiger partial charge in [-0.2, -0.15) is 0 Å². The number of hydrogen-bond acceptors (Lipinski definition) is 3. The Morgan fingerprint density at radius 3 is 2.80 bits per heavy atom. The summed E-state index contributed by atoms with van der Waals surface area (Å²) in [4.78, 5) is 8.94. The Bertz CT molecular complexity index is 485. The zero-order chi connectivity index (χ0) is 11.0. The van der Waals surface area contributed by atoms with E-state index in [1.165, 1.54) is 0 Å². The van der Waals surface area contributed by atoms with Crippen molar-refractivity contribution in [2.45, 2.75) is 26.3 Å². The molecular formula is C11H16N4. The third kappa shape index (κ3) is 1.51. The monoisotopic (exact) mass is 204 g/mol. The lowest BCUT2D eigenvalue weighted by Crippen LogP contribution is -2.00. The summed E-state index contributed by atoms with van der Waals surface area (Å²) in [6, 6.07) is 1.93. The highest BCUT2D eigenvalue weighted by Crippen LogP contribution is 2.21. The van der Waals surface area contributed by atoms with Crippen molar-refractivity contribution in [2.75, 3.05) is 0 Å². The van der Waals surface area contributed by atoms with Crippen LogP contribution in [0.3, 0.4) is 0 Å².